The molecule has 0 amide bonds. The van der Waals surface area contributed by atoms with Crippen LogP contribution in [0, 0.1) is 11.8 Å². The highest BCUT2D eigenvalue weighted by Crippen LogP contribution is 2.10. The zero-order chi connectivity index (χ0) is 19.7. The summed E-state index contributed by atoms with van der Waals surface area (Å²) >= 11 is 0. The molecule has 0 aliphatic rings. The average molecular weight is 366 g/mol. The molecule has 0 radical (unpaired) electrons. The summed E-state index contributed by atoms with van der Waals surface area (Å²) in [5.74, 6) is -3.54. The number of esters is 3. The van der Waals surface area contributed by atoms with Crippen molar-refractivity contribution >= 4 is 17.9 Å². The summed E-state index contributed by atoms with van der Waals surface area (Å²) in [6.45, 7) is 5.28. The van der Waals surface area contributed by atoms with Crippen LogP contribution in [-0.4, -0.2) is 72.9 Å². The number of rotatable bonds is 11. The van der Waals surface area contributed by atoms with Crippen LogP contribution in [0.4, 0.5) is 0 Å². The summed E-state index contributed by atoms with van der Waals surface area (Å²) in [6.07, 6.45) is 0.124. The molecule has 0 aromatic rings. The van der Waals surface area contributed by atoms with E-state index in [0.717, 1.165) is 0 Å². The molecule has 0 aromatic heterocycles. The third-order valence-electron chi connectivity index (χ3n) is 2.87. The fraction of sp³-hybridized carbons (Fsp3) is 0.812. The molecule has 9 nitrogen and oxygen atoms in total. The molecule has 0 aromatic carbocycles. The molecule has 0 atom stereocenters. The molecular formula is C16H30O9. The van der Waals surface area contributed by atoms with E-state index in [2.05, 4.69) is 4.74 Å². The van der Waals surface area contributed by atoms with Gasteiger partial charge in [0.15, 0.2) is 5.92 Å². The molecular weight excluding hydrogens is 336 g/mol. The van der Waals surface area contributed by atoms with Gasteiger partial charge in [-0.05, 0) is 27.2 Å². The SMILES string of the molecule is CCOC(=O)CC(C(=O)OCC)C(=O)OCC.OCCC(CO)CO. The van der Waals surface area contributed by atoms with E-state index in [1.54, 1.807) is 20.8 Å². The number of aliphatic hydroxyl groups excluding tert-OH is 3. The molecule has 0 saturated carbocycles. The minimum absolute atomic E-state index is 0.0335. The van der Waals surface area contributed by atoms with E-state index in [0.29, 0.717) is 6.42 Å². The van der Waals surface area contributed by atoms with Gasteiger partial charge < -0.3 is 29.5 Å². The van der Waals surface area contributed by atoms with E-state index >= 15 is 0 Å². The van der Waals surface area contributed by atoms with Gasteiger partial charge in [-0.1, -0.05) is 0 Å². The quantitative estimate of drug-likeness (QED) is 0.254. The number of hydrogen-bond donors (Lipinski definition) is 3. The van der Waals surface area contributed by atoms with Crippen molar-refractivity contribution in [2.24, 2.45) is 11.8 Å². The van der Waals surface area contributed by atoms with Gasteiger partial charge in [-0.3, -0.25) is 14.4 Å². The van der Waals surface area contributed by atoms with Gasteiger partial charge in [0.1, 0.15) is 0 Å². The predicted molar refractivity (Wildman–Crippen MR) is 87.4 cm³/mol. The summed E-state index contributed by atoms with van der Waals surface area (Å²) < 4.78 is 14.1. The van der Waals surface area contributed by atoms with Crippen molar-refractivity contribution in [3.8, 4) is 0 Å². The van der Waals surface area contributed by atoms with Crippen LogP contribution < -0.4 is 0 Å². The molecule has 9 heteroatoms. The highest BCUT2D eigenvalue weighted by atomic mass is 16.6. The van der Waals surface area contributed by atoms with Crippen LogP contribution in [0.2, 0.25) is 0 Å². The Morgan fingerprint density at radius 1 is 0.800 bits per heavy atom. The topological polar surface area (TPSA) is 140 Å². The second kappa shape index (κ2) is 17.1. The lowest BCUT2D eigenvalue weighted by Gasteiger charge is -2.13. The van der Waals surface area contributed by atoms with E-state index in [1.807, 2.05) is 0 Å². The first-order chi connectivity index (χ1) is 11.9. The molecule has 0 fully saturated rings. The lowest BCUT2D eigenvalue weighted by atomic mass is 10.1. The number of hydrogen-bond acceptors (Lipinski definition) is 9. The van der Waals surface area contributed by atoms with Crippen LogP contribution in [0.3, 0.4) is 0 Å². The molecule has 0 aliphatic carbocycles. The number of aliphatic hydroxyl groups is 3. The van der Waals surface area contributed by atoms with Crippen molar-refractivity contribution in [3.63, 3.8) is 0 Å². The maximum atomic E-state index is 11.5. The Bertz CT molecular complexity index is 349. The Hall–Kier alpha value is -1.71. The maximum Gasteiger partial charge on any atom is 0.320 e. The molecule has 0 saturated heterocycles. The van der Waals surface area contributed by atoms with Crippen LogP contribution in [-0.2, 0) is 28.6 Å². The molecule has 0 heterocycles. The van der Waals surface area contributed by atoms with Gasteiger partial charge in [0.2, 0.25) is 0 Å². The molecule has 0 bridgehead atoms. The number of ether oxygens (including phenoxy) is 3. The van der Waals surface area contributed by atoms with Gasteiger partial charge in [-0.15, -0.1) is 0 Å². The first kappa shape index (κ1) is 25.5. The highest BCUT2D eigenvalue weighted by molar-refractivity contribution is 5.98. The summed E-state index contributed by atoms with van der Waals surface area (Å²) in [6, 6.07) is 0. The van der Waals surface area contributed by atoms with Crippen molar-refractivity contribution in [1.29, 1.82) is 0 Å². The van der Waals surface area contributed by atoms with E-state index in [-0.39, 0.29) is 52.0 Å². The first-order valence-electron chi connectivity index (χ1n) is 8.22. The Kier molecular flexibility index (Phi) is 17.5. The van der Waals surface area contributed by atoms with Gasteiger partial charge >= 0.3 is 17.9 Å². The Morgan fingerprint density at radius 3 is 1.52 bits per heavy atom. The van der Waals surface area contributed by atoms with Crippen LogP contribution in [0.1, 0.15) is 33.6 Å². The summed E-state index contributed by atoms with van der Waals surface area (Å²) in [5.41, 5.74) is 0. The van der Waals surface area contributed by atoms with Crippen molar-refractivity contribution < 1.29 is 43.9 Å². The molecule has 25 heavy (non-hydrogen) atoms. The second-order valence-corrected chi connectivity index (χ2v) is 4.81. The van der Waals surface area contributed by atoms with E-state index in [9.17, 15) is 14.4 Å². The van der Waals surface area contributed by atoms with Crippen molar-refractivity contribution in [2.45, 2.75) is 33.6 Å². The highest BCUT2D eigenvalue weighted by Gasteiger charge is 2.32. The largest absolute Gasteiger partial charge is 0.466 e. The van der Waals surface area contributed by atoms with Crippen LogP contribution in [0.5, 0.6) is 0 Å². The maximum absolute atomic E-state index is 11.5. The van der Waals surface area contributed by atoms with Crippen molar-refractivity contribution in [2.75, 3.05) is 39.6 Å². The molecule has 3 N–H and O–H groups in total. The summed E-state index contributed by atoms with van der Waals surface area (Å²) in [4.78, 5) is 34.2. The lowest BCUT2D eigenvalue weighted by molar-refractivity contribution is -0.166. The fourth-order valence-corrected chi connectivity index (χ4v) is 1.56. The molecule has 0 aliphatic heterocycles. The molecule has 0 rings (SSSR count). The second-order valence-electron chi connectivity index (χ2n) is 4.81. The first-order valence-corrected chi connectivity index (χ1v) is 8.22. The number of carbonyl (C=O) groups excluding carboxylic acids is 3. The smallest absolute Gasteiger partial charge is 0.320 e. The molecule has 148 valence electrons. The van der Waals surface area contributed by atoms with Gasteiger partial charge in [0.25, 0.3) is 0 Å². The summed E-state index contributed by atoms with van der Waals surface area (Å²) in [7, 11) is 0. The van der Waals surface area contributed by atoms with Gasteiger partial charge in [0.05, 0.1) is 26.2 Å². The van der Waals surface area contributed by atoms with Crippen LogP contribution in [0.25, 0.3) is 0 Å². The number of carbonyl (C=O) groups is 3. The zero-order valence-electron chi connectivity index (χ0n) is 15.1. The van der Waals surface area contributed by atoms with Crippen molar-refractivity contribution in [1.82, 2.24) is 0 Å². The average Bonchev–Trinajstić information content (AvgIpc) is 2.58. The van der Waals surface area contributed by atoms with E-state index < -0.39 is 23.8 Å². The predicted octanol–water partition coefficient (Wildman–Crippen LogP) is -0.348. The van der Waals surface area contributed by atoms with E-state index in [4.69, 9.17) is 24.8 Å². The normalized spacial score (nSPS) is 10.1. The third-order valence-corrected chi connectivity index (χ3v) is 2.87. The Balaban J connectivity index is 0. The monoisotopic (exact) mass is 366 g/mol. The molecule has 0 spiro atoms. The Labute approximate surface area is 147 Å². The van der Waals surface area contributed by atoms with Gasteiger partial charge in [-0.2, -0.15) is 0 Å². The van der Waals surface area contributed by atoms with Crippen LogP contribution >= 0.6 is 0 Å². The van der Waals surface area contributed by atoms with Crippen LogP contribution in [0.15, 0.2) is 0 Å². The van der Waals surface area contributed by atoms with E-state index in [1.165, 1.54) is 0 Å². The third kappa shape index (κ3) is 13.3. The molecule has 0 unspecified atom stereocenters. The van der Waals surface area contributed by atoms with Gasteiger partial charge in [0, 0.05) is 25.7 Å². The standard InChI is InChI=1S/C11H18O6.C5H12O3/c1-4-15-9(12)7-8(10(13)16-5-2)11(14)17-6-3;6-2-1-5(3-7)4-8/h8H,4-7H2,1-3H3;5-8H,1-4H2. The minimum atomic E-state index is -1.24. The minimum Gasteiger partial charge on any atom is -0.466 e. The lowest BCUT2D eigenvalue weighted by Crippen LogP contribution is -2.30. The summed E-state index contributed by atoms with van der Waals surface area (Å²) in [5, 5.41) is 25.0. The van der Waals surface area contributed by atoms with Gasteiger partial charge in [-0.25, -0.2) is 0 Å². The Morgan fingerprint density at radius 2 is 1.24 bits per heavy atom. The fourth-order valence-electron chi connectivity index (χ4n) is 1.56. The zero-order valence-corrected chi connectivity index (χ0v) is 15.1. The van der Waals surface area contributed by atoms with Crippen molar-refractivity contribution in [3.05, 3.63) is 0 Å².